The maximum atomic E-state index is 12.1. The predicted octanol–water partition coefficient (Wildman–Crippen LogP) is 2.23. The summed E-state index contributed by atoms with van der Waals surface area (Å²) in [7, 11) is 0. The Hall–Kier alpha value is -1.35. The van der Waals surface area contributed by atoms with Gasteiger partial charge < -0.3 is 9.84 Å². The number of hydrogen-bond acceptors (Lipinski definition) is 3. The molecule has 1 aromatic carbocycles. The van der Waals surface area contributed by atoms with E-state index >= 15 is 0 Å². The van der Waals surface area contributed by atoms with Crippen molar-refractivity contribution >= 4 is 5.97 Å². The summed E-state index contributed by atoms with van der Waals surface area (Å²) in [5, 5.41) is 11.0. The van der Waals surface area contributed by atoms with Crippen LogP contribution in [0.1, 0.15) is 31.2 Å². The third-order valence-electron chi connectivity index (χ3n) is 5.07. The molecule has 1 aliphatic heterocycles. The van der Waals surface area contributed by atoms with Crippen LogP contribution in [0.5, 0.6) is 5.75 Å². The van der Waals surface area contributed by atoms with Crippen LogP contribution in [0.3, 0.4) is 0 Å². The summed E-state index contributed by atoms with van der Waals surface area (Å²) in [6.45, 7) is 0. The van der Waals surface area contributed by atoms with Crippen LogP contribution in [0.25, 0.3) is 0 Å². The van der Waals surface area contributed by atoms with Gasteiger partial charge in [0.2, 0.25) is 0 Å². The minimum absolute atomic E-state index is 0.237. The van der Waals surface area contributed by atoms with Gasteiger partial charge in [-0.1, -0.05) is 31.0 Å². The smallest absolute Gasteiger partial charge is 0.317 e. The van der Waals surface area contributed by atoms with Gasteiger partial charge in [0, 0.05) is 5.56 Å². The Morgan fingerprint density at radius 2 is 2.00 bits per heavy atom. The van der Waals surface area contributed by atoms with E-state index in [0.717, 1.165) is 24.8 Å². The molecule has 4 rings (SSSR count). The number of para-hydroxylation sites is 1. The fourth-order valence-corrected chi connectivity index (χ4v) is 4.32. The molecule has 2 fully saturated rings. The number of esters is 1. The number of aliphatic hydroxyl groups is 1. The molecule has 0 spiro atoms. The van der Waals surface area contributed by atoms with Crippen molar-refractivity contribution < 1.29 is 14.6 Å². The summed E-state index contributed by atoms with van der Waals surface area (Å²) in [6, 6.07) is 7.42. The molecule has 0 radical (unpaired) electrons. The van der Waals surface area contributed by atoms with Gasteiger partial charge in [-0.2, -0.15) is 0 Å². The van der Waals surface area contributed by atoms with Crippen molar-refractivity contribution in [3.63, 3.8) is 0 Å². The van der Waals surface area contributed by atoms with E-state index in [2.05, 4.69) is 0 Å². The first-order valence-electron chi connectivity index (χ1n) is 6.76. The van der Waals surface area contributed by atoms with E-state index in [4.69, 9.17) is 4.74 Å². The number of rotatable bonds is 0. The van der Waals surface area contributed by atoms with Crippen molar-refractivity contribution in [2.75, 3.05) is 0 Å². The van der Waals surface area contributed by atoms with Crippen LogP contribution < -0.4 is 4.74 Å². The summed E-state index contributed by atoms with van der Waals surface area (Å²) in [4.78, 5) is 12.1. The van der Waals surface area contributed by atoms with E-state index in [-0.39, 0.29) is 17.8 Å². The van der Waals surface area contributed by atoms with Crippen molar-refractivity contribution in [1.82, 2.24) is 0 Å². The molecule has 94 valence electrons. The van der Waals surface area contributed by atoms with E-state index in [1.54, 1.807) is 6.07 Å². The quantitative estimate of drug-likeness (QED) is 0.562. The minimum Gasteiger partial charge on any atom is -0.426 e. The van der Waals surface area contributed by atoms with Gasteiger partial charge in [0.1, 0.15) is 11.4 Å². The normalized spacial score (nSPS) is 40.9. The second-order valence-electron chi connectivity index (χ2n) is 5.78. The van der Waals surface area contributed by atoms with E-state index in [1.165, 1.54) is 6.42 Å². The Morgan fingerprint density at radius 3 is 2.89 bits per heavy atom. The lowest BCUT2D eigenvalue weighted by atomic mass is 9.46. The van der Waals surface area contributed by atoms with Crippen LogP contribution in [0, 0.1) is 17.8 Å². The molecule has 3 nitrogen and oxygen atoms in total. The number of ether oxygens (including phenoxy) is 1. The summed E-state index contributed by atoms with van der Waals surface area (Å²) < 4.78 is 5.38. The molecule has 0 bridgehead atoms. The molecule has 0 aromatic heterocycles. The van der Waals surface area contributed by atoms with Gasteiger partial charge in [0.25, 0.3) is 0 Å². The highest BCUT2D eigenvalue weighted by atomic mass is 16.5. The number of fused-ring (bicyclic) bond motifs is 6. The van der Waals surface area contributed by atoms with Crippen LogP contribution >= 0.6 is 0 Å². The highest BCUT2D eigenvalue weighted by molar-refractivity contribution is 5.82. The number of carbonyl (C=O) groups excluding carboxylic acids is 1. The zero-order valence-electron chi connectivity index (χ0n) is 10.1. The summed E-state index contributed by atoms with van der Waals surface area (Å²) in [5.41, 5.74) is -0.144. The van der Waals surface area contributed by atoms with Crippen LogP contribution in [0.15, 0.2) is 24.3 Å². The highest BCUT2D eigenvalue weighted by Gasteiger charge is 2.68. The van der Waals surface area contributed by atoms with Crippen molar-refractivity contribution in [3.05, 3.63) is 29.8 Å². The SMILES string of the molecule is O=C1Oc2ccccc2[C@]2(O)[C@@H]3CCCC[C@@H]3[C@@H]12. The summed E-state index contributed by atoms with van der Waals surface area (Å²) in [5.74, 6) is 0.539. The molecule has 1 heterocycles. The van der Waals surface area contributed by atoms with E-state index in [1.807, 2.05) is 18.2 Å². The van der Waals surface area contributed by atoms with E-state index in [9.17, 15) is 9.90 Å². The van der Waals surface area contributed by atoms with E-state index in [0.29, 0.717) is 11.7 Å². The molecular formula is C15H16O3. The Morgan fingerprint density at radius 1 is 1.22 bits per heavy atom. The highest BCUT2D eigenvalue weighted by Crippen LogP contribution is 2.64. The van der Waals surface area contributed by atoms with Crippen molar-refractivity contribution in [3.8, 4) is 5.75 Å². The van der Waals surface area contributed by atoms with Gasteiger partial charge in [-0.25, -0.2) is 0 Å². The Balaban J connectivity index is 1.86. The molecule has 1 N–H and O–H groups in total. The number of carbonyl (C=O) groups is 1. The third-order valence-corrected chi connectivity index (χ3v) is 5.07. The van der Waals surface area contributed by atoms with Gasteiger partial charge in [-0.05, 0) is 30.7 Å². The average molecular weight is 244 g/mol. The molecule has 0 saturated heterocycles. The molecule has 1 aromatic rings. The monoisotopic (exact) mass is 244 g/mol. The zero-order valence-corrected chi connectivity index (χ0v) is 10.1. The van der Waals surface area contributed by atoms with Gasteiger partial charge in [-0.3, -0.25) is 4.79 Å². The first-order valence-corrected chi connectivity index (χ1v) is 6.76. The van der Waals surface area contributed by atoms with Crippen molar-refractivity contribution in [2.24, 2.45) is 17.8 Å². The lowest BCUT2D eigenvalue weighted by molar-refractivity contribution is -0.234. The molecule has 0 unspecified atom stereocenters. The molecule has 3 aliphatic rings. The molecule has 4 atom stereocenters. The zero-order chi connectivity index (χ0) is 12.3. The van der Waals surface area contributed by atoms with E-state index < -0.39 is 5.60 Å². The minimum atomic E-state index is -0.961. The van der Waals surface area contributed by atoms with Crippen LogP contribution in [-0.2, 0) is 10.4 Å². The number of benzene rings is 1. The molecule has 2 aliphatic carbocycles. The first kappa shape index (κ1) is 10.6. The Bertz CT molecular complexity index is 524. The maximum Gasteiger partial charge on any atom is 0.317 e. The lowest BCUT2D eigenvalue weighted by Gasteiger charge is -2.61. The topological polar surface area (TPSA) is 46.5 Å². The van der Waals surface area contributed by atoms with Gasteiger partial charge in [-0.15, -0.1) is 0 Å². The second kappa shape index (κ2) is 3.35. The van der Waals surface area contributed by atoms with Crippen LogP contribution in [0.4, 0.5) is 0 Å². The first-order chi connectivity index (χ1) is 8.73. The Labute approximate surface area is 106 Å². The van der Waals surface area contributed by atoms with Crippen molar-refractivity contribution in [2.45, 2.75) is 31.3 Å². The maximum absolute atomic E-state index is 12.1. The fourth-order valence-electron chi connectivity index (χ4n) is 4.32. The molecule has 3 heteroatoms. The fraction of sp³-hybridized carbons (Fsp3) is 0.533. The molecular weight excluding hydrogens is 228 g/mol. The predicted molar refractivity (Wildman–Crippen MR) is 64.9 cm³/mol. The average Bonchev–Trinajstić information content (AvgIpc) is 2.37. The Kier molecular flexibility index (Phi) is 1.97. The molecule has 2 saturated carbocycles. The largest absolute Gasteiger partial charge is 0.426 e. The summed E-state index contributed by atoms with van der Waals surface area (Å²) >= 11 is 0. The lowest BCUT2D eigenvalue weighted by Crippen LogP contribution is -2.66. The van der Waals surface area contributed by atoms with Gasteiger partial charge in [0.05, 0.1) is 5.92 Å². The molecule has 0 amide bonds. The van der Waals surface area contributed by atoms with Gasteiger partial charge in [0.15, 0.2) is 0 Å². The van der Waals surface area contributed by atoms with Crippen LogP contribution in [0.2, 0.25) is 0 Å². The third kappa shape index (κ3) is 1.06. The second-order valence-corrected chi connectivity index (χ2v) is 5.78. The molecule has 18 heavy (non-hydrogen) atoms. The number of hydrogen-bond donors (Lipinski definition) is 1. The van der Waals surface area contributed by atoms with Crippen molar-refractivity contribution in [1.29, 1.82) is 0 Å². The van der Waals surface area contributed by atoms with Gasteiger partial charge >= 0.3 is 5.97 Å². The van der Waals surface area contributed by atoms with Crippen LogP contribution in [-0.4, -0.2) is 11.1 Å². The standard InChI is InChI=1S/C15H16O3/c16-14-13-9-5-1-2-6-10(9)15(13,17)11-7-3-4-8-12(11)18-14/h3-4,7-10,13,17H,1-2,5-6H2/t9-,10+,13-,15+/m0/s1. The summed E-state index contributed by atoms with van der Waals surface area (Å²) in [6.07, 6.45) is 4.41.